The maximum absolute atomic E-state index is 11.8. The van der Waals surface area contributed by atoms with Gasteiger partial charge in [0.2, 0.25) is 5.75 Å². The predicted octanol–water partition coefficient (Wildman–Crippen LogP) is 2.57. The maximum Gasteiger partial charge on any atom is 0.379 e. The lowest BCUT2D eigenvalue weighted by Crippen LogP contribution is -2.11. The summed E-state index contributed by atoms with van der Waals surface area (Å²) < 4.78 is 10.2. The first-order valence-corrected chi connectivity index (χ1v) is 6.15. The Morgan fingerprint density at radius 3 is 2.74 bits per heavy atom. The fourth-order valence-electron chi connectivity index (χ4n) is 1.86. The highest BCUT2D eigenvalue weighted by atomic mass is 16.5. The molecule has 2 rings (SSSR count). The fourth-order valence-corrected chi connectivity index (χ4v) is 1.86. The SMILES string of the molecule is COc1cc2cccc(CC(=O)C(C)C)c2oc1=O. The molecule has 0 spiro atoms. The number of rotatable bonds is 4. The van der Waals surface area contributed by atoms with Crippen LogP contribution in [0.1, 0.15) is 19.4 Å². The highest BCUT2D eigenvalue weighted by molar-refractivity contribution is 5.88. The van der Waals surface area contributed by atoms with Gasteiger partial charge in [-0.1, -0.05) is 32.0 Å². The molecule has 0 N–H and O–H groups in total. The average molecular weight is 260 g/mol. The Hall–Kier alpha value is -2.10. The lowest BCUT2D eigenvalue weighted by atomic mass is 9.99. The van der Waals surface area contributed by atoms with Crippen LogP contribution in [0.25, 0.3) is 11.0 Å². The molecule has 0 aliphatic carbocycles. The molecule has 0 unspecified atom stereocenters. The molecule has 0 saturated carbocycles. The van der Waals surface area contributed by atoms with Crippen LogP contribution in [0.3, 0.4) is 0 Å². The monoisotopic (exact) mass is 260 g/mol. The molecule has 4 nitrogen and oxygen atoms in total. The van der Waals surface area contributed by atoms with Crippen molar-refractivity contribution < 1.29 is 13.9 Å². The number of hydrogen-bond donors (Lipinski definition) is 0. The number of fused-ring (bicyclic) bond motifs is 1. The van der Waals surface area contributed by atoms with Crippen molar-refractivity contribution in [3.63, 3.8) is 0 Å². The van der Waals surface area contributed by atoms with Gasteiger partial charge in [-0.2, -0.15) is 0 Å². The van der Waals surface area contributed by atoms with Crippen LogP contribution >= 0.6 is 0 Å². The molecule has 0 amide bonds. The normalized spacial score (nSPS) is 10.9. The van der Waals surface area contributed by atoms with Crippen molar-refractivity contribution in [1.82, 2.24) is 0 Å². The van der Waals surface area contributed by atoms with Gasteiger partial charge in [-0.25, -0.2) is 4.79 Å². The van der Waals surface area contributed by atoms with Crippen molar-refractivity contribution in [3.05, 3.63) is 40.2 Å². The number of benzene rings is 1. The van der Waals surface area contributed by atoms with E-state index in [0.717, 1.165) is 10.9 Å². The molecule has 0 bridgehead atoms. The van der Waals surface area contributed by atoms with Crippen LogP contribution in [0, 0.1) is 5.92 Å². The number of methoxy groups -OCH3 is 1. The molecule has 1 aromatic heterocycles. The highest BCUT2D eigenvalue weighted by Gasteiger charge is 2.13. The van der Waals surface area contributed by atoms with Crippen LogP contribution < -0.4 is 10.4 Å². The van der Waals surface area contributed by atoms with E-state index in [2.05, 4.69) is 0 Å². The van der Waals surface area contributed by atoms with E-state index in [1.807, 2.05) is 26.0 Å². The Labute approximate surface area is 111 Å². The minimum atomic E-state index is -0.528. The summed E-state index contributed by atoms with van der Waals surface area (Å²) >= 11 is 0. The molecule has 0 atom stereocenters. The first kappa shape index (κ1) is 13.3. The summed E-state index contributed by atoms with van der Waals surface area (Å²) in [6.45, 7) is 3.71. The molecule has 0 saturated heterocycles. The Morgan fingerprint density at radius 2 is 2.11 bits per heavy atom. The van der Waals surface area contributed by atoms with Crippen molar-refractivity contribution >= 4 is 16.8 Å². The first-order valence-electron chi connectivity index (χ1n) is 6.15. The quantitative estimate of drug-likeness (QED) is 0.793. The Morgan fingerprint density at radius 1 is 1.37 bits per heavy atom. The van der Waals surface area contributed by atoms with E-state index in [-0.39, 0.29) is 23.9 Å². The van der Waals surface area contributed by atoms with Gasteiger partial charge in [0.15, 0.2) is 0 Å². The van der Waals surface area contributed by atoms with Gasteiger partial charge >= 0.3 is 5.63 Å². The Balaban J connectivity index is 2.54. The molecule has 19 heavy (non-hydrogen) atoms. The van der Waals surface area contributed by atoms with E-state index < -0.39 is 5.63 Å². The number of ether oxygens (including phenoxy) is 1. The minimum Gasteiger partial charge on any atom is -0.490 e. The third-order valence-electron chi connectivity index (χ3n) is 3.04. The Bertz CT molecular complexity index is 667. The van der Waals surface area contributed by atoms with E-state index in [9.17, 15) is 9.59 Å². The maximum atomic E-state index is 11.8. The Kier molecular flexibility index (Phi) is 3.69. The van der Waals surface area contributed by atoms with Crippen LogP contribution in [0.5, 0.6) is 5.75 Å². The van der Waals surface area contributed by atoms with E-state index in [0.29, 0.717) is 5.58 Å². The zero-order valence-corrected chi connectivity index (χ0v) is 11.2. The van der Waals surface area contributed by atoms with Gasteiger partial charge < -0.3 is 9.15 Å². The number of carbonyl (C=O) groups excluding carboxylic acids is 1. The molecule has 1 aromatic carbocycles. The van der Waals surface area contributed by atoms with Gasteiger partial charge in [-0.15, -0.1) is 0 Å². The molecular weight excluding hydrogens is 244 g/mol. The number of Topliss-reactive ketones (excluding diaryl/α,β-unsaturated/α-hetero) is 1. The second-order valence-electron chi connectivity index (χ2n) is 4.74. The van der Waals surface area contributed by atoms with Gasteiger partial charge in [0.1, 0.15) is 11.4 Å². The zero-order chi connectivity index (χ0) is 14.0. The summed E-state index contributed by atoms with van der Waals surface area (Å²) in [6, 6.07) is 7.09. The number of carbonyl (C=O) groups is 1. The molecule has 0 aliphatic heterocycles. The second-order valence-corrected chi connectivity index (χ2v) is 4.74. The van der Waals surface area contributed by atoms with Gasteiger partial charge in [0, 0.05) is 23.3 Å². The van der Waals surface area contributed by atoms with E-state index in [4.69, 9.17) is 9.15 Å². The standard InChI is InChI=1S/C15H16O4/c1-9(2)12(16)7-10-5-4-6-11-8-13(18-3)15(17)19-14(10)11/h4-6,8-9H,7H2,1-3H3. The largest absolute Gasteiger partial charge is 0.490 e. The van der Waals surface area contributed by atoms with Crippen molar-refractivity contribution in [3.8, 4) is 5.75 Å². The smallest absolute Gasteiger partial charge is 0.379 e. The molecule has 0 radical (unpaired) electrons. The summed E-state index contributed by atoms with van der Waals surface area (Å²) in [5.41, 5.74) is 0.665. The zero-order valence-electron chi connectivity index (χ0n) is 11.2. The van der Waals surface area contributed by atoms with E-state index in [1.54, 1.807) is 12.1 Å². The van der Waals surface area contributed by atoms with Crippen molar-refractivity contribution in [2.45, 2.75) is 20.3 Å². The molecule has 4 heteroatoms. The molecule has 1 heterocycles. The number of ketones is 1. The average Bonchev–Trinajstić information content (AvgIpc) is 2.38. The van der Waals surface area contributed by atoms with Gasteiger partial charge in [0.05, 0.1) is 7.11 Å². The van der Waals surface area contributed by atoms with Crippen molar-refractivity contribution in [1.29, 1.82) is 0 Å². The van der Waals surface area contributed by atoms with E-state index in [1.165, 1.54) is 7.11 Å². The lowest BCUT2D eigenvalue weighted by molar-refractivity contribution is -0.121. The van der Waals surface area contributed by atoms with Gasteiger partial charge in [-0.3, -0.25) is 4.79 Å². The van der Waals surface area contributed by atoms with Crippen LogP contribution in [0.4, 0.5) is 0 Å². The van der Waals surface area contributed by atoms with Gasteiger partial charge in [0.25, 0.3) is 0 Å². The van der Waals surface area contributed by atoms with Crippen molar-refractivity contribution in [2.75, 3.05) is 7.11 Å². The predicted molar refractivity (Wildman–Crippen MR) is 72.6 cm³/mol. The third kappa shape index (κ3) is 2.67. The fraction of sp³-hybridized carbons (Fsp3) is 0.333. The highest BCUT2D eigenvalue weighted by Crippen LogP contribution is 2.21. The topological polar surface area (TPSA) is 56.5 Å². The summed E-state index contributed by atoms with van der Waals surface area (Å²) in [4.78, 5) is 23.5. The van der Waals surface area contributed by atoms with Gasteiger partial charge in [-0.05, 0) is 6.07 Å². The first-order chi connectivity index (χ1) is 9.02. The van der Waals surface area contributed by atoms with Crippen LogP contribution in [0.15, 0.2) is 33.5 Å². The lowest BCUT2D eigenvalue weighted by Gasteiger charge is -2.07. The molecule has 0 aliphatic rings. The van der Waals surface area contributed by atoms with Crippen LogP contribution in [-0.4, -0.2) is 12.9 Å². The second kappa shape index (κ2) is 5.26. The molecule has 2 aromatic rings. The van der Waals surface area contributed by atoms with Crippen LogP contribution in [0.2, 0.25) is 0 Å². The molecular formula is C15H16O4. The number of hydrogen-bond acceptors (Lipinski definition) is 4. The summed E-state index contributed by atoms with van der Waals surface area (Å²) in [7, 11) is 1.42. The molecule has 100 valence electrons. The van der Waals surface area contributed by atoms with Crippen LogP contribution in [-0.2, 0) is 11.2 Å². The van der Waals surface area contributed by atoms with Crippen molar-refractivity contribution in [2.24, 2.45) is 5.92 Å². The third-order valence-corrected chi connectivity index (χ3v) is 3.04. The summed E-state index contributed by atoms with van der Waals surface area (Å²) in [5.74, 6) is 0.242. The summed E-state index contributed by atoms with van der Waals surface area (Å²) in [6.07, 6.45) is 0.268. The summed E-state index contributed by atoms with van der Waals surface area (Å²) in [5, 5.41) is 0.755. The molecule has 0 fully saturated rings. The van der Waals surface area contributed by atoms with E-state index >= 15 is 0 Å². The minimum absolute atomic E-state index is 0.0415. The number of para-hydroxylation sites is 1.